The molecule has 15 heavy (non-hydrogen) atoms. The molecule has 0 aromatic rings. The predicted octanol–water partition coefficient (Wildman–Crippen LogP) is -5.07. The van der Waals surface area contributed by atoms with E-state index in [1.165, 1.54) is 0 Å². The summed E-state index contributed by atoms with van der Waals surface area (Å²) in [6.07, 6.45) is -0.444. The van der Waals surface area contributed by atoms with Gasteiger partial charge in [-0.3, -0.25) is 4.90 Å². The summed E-state index contributed by atoms with van der Waals surface area (Å²) in [5.41, 5.74) is 0. The van der Waals surface area contributed by atoms with E-state index in [1.54, 1.807) is 0 Å². The van der Waals surface area contributed by atoms with Crippen LogP contribution in [0.5, 0.6) is 0 Å². The van der Waals surface area contributed by atoms with Crippen LogP contribution in [-0.4, -0.2) is 42.4 Å². The van der Waals surface area contributed by atoms with Crippen LogP contribution in [0.3, 0.4) is 0 Å². The molecular formula is C7H8FeNO6. The largest absolute Gasteiger partial charge is 3.00 e. The van der Waals surface area contributed by atoms with Crippen molar-refractivity contribution in [3.05, 3.63) is 0 Å². The van der Waals surface area contributed by atoms with E-state index in [0.29, 0.717) is 0 Å². The van der Waals surface area contributed by atoms with Gasteiger partial charge in [-0.25, -0.2) is 0 Å². The van der Waals surface area contributed by atoms with Crippen LogP contribution in [-0.2, 0) is 31.5 Å². The predicted molar refractivity (Wildman–Crippen MR) is 36.1 cm³/mol. The fourth-order valence-corrected chi connectivity index (χ4v) is 0.829. The normalized spacial score (nSPS) is 9.40. The number of hydrogen-bond donors (Lipinski definition) is 0. The molecule has 0 aromatic heterocycles. The molecule has 0 heterocycles. The van der Waals surface area contributed by atoms with Crippen LogP contribution < -0.4 is 15.3 Å². The molecule has 85 valence electrons. The van der Waals surface area contributed by atoms with Gasteiger partial charge < -0.3 is 29.7 Å². The summed E-state index contributed by atoms with van der Waals surface area (Å²) in [5.74, 6) is -4.35. The number of nitrogens with zero attached hydrogens (tertiary/aromatic N) is 1. The van der Waals surface area contributed by atoms with Gasteiger partial charge in [0.2, 0.25) is 0 Å². The molecule has 0 spiro atoms. The SMILES string of the molecule is O=C([O-])CCN(CC(=O)[O-])CC(=O)[O-].[Fe+3]. The van der Waals surface area contributed by atoms with Crippen molar-refractivity contribution >= 4 is 17.9 Å². The van der Waals surface area contributed by atoms with Crippen molar-refractivity contribution in [3.63, 3.8) is 0 Å². The van der Waals surface area contributed by atoms with Crippen molar-refractivity contribution in [1.82, 2.24) is 4.90 Å². The van der Waals surface area contributed by atoms with Crippen LogP contribution in [0.15, 0.2) is 0 Å². The second kappa shape index (κ2) is 8.22. The van der Waals surface area contributed by atoms with Crippen molar-refractivity contribution in [1.29, 1.82) is 0 Å². The minimum Gasteiger partial charge on any atom is -0.550 e. The van der Waals surface area contributed by atoms with Gasteiger partial charge in [0, 0.05) is 25.6 Å². The molecule has 0 atom stereocenters. The van der Waals surface area contributed by atoms with Gasteiger partial charge in [-0.2, -0.15) is 0 Å². The molecule has 0 fully saturated rings. The van der Waals surface area contributed by atoms with Crippen LogP contribution in [0, 0.1) is 0 Å². The minimum absolute atomic E-state index is 0. The Morgan fingerprint density at radius 2 is 1.27 bits per heavy atom. The Kier molecular flexibility index (Phi) is 8.94. The maximum absolute atomic E-state index is 10.1. The zero-order chi connectivity index (χ0) is 11.1. The third kappa shape index (κ3) is 10.8. The van der Waals surface area contributed by atoms with E-state index in [1.807, 2.05) is 0 Å². The van der Waals surface area contributed by atoms with E-state index in [2.05, 4.69) is 0 Å². The zero-order valence-corrected chi connectivity index (χ0v) is 8.68. The van der Waals surface area contributed by atoms with E-state index in [4.69, 9.17) is 0 Å². The number of aliphatic carboxylic acids is 3. The molecule has 0 N–H and O–H groups in total. The average Bonchev–Trinajstić information content (AvgIpc) is 1.97. The molecule has 0 aliphatic heterocycles. The van der Waals surface area contributed by atoms with Crippen LogP contribution in [0.25, 0.3) is 0 Å². The number of hydrogen-bond acceptors (Lipinski definition) is 7. The van der Waals surface area contributed by atoms with Gasteiger partial charge in [0.15, 0.2) is 0 Å². The van der Waals surface area contributed by atoms with Gasteiger partial charge in [0.25, 0.3) is 0 Å². The minimum atomic E-state index is -1.48. The van der Waals surface area contributed by atoms with Crippen LogP contribution in [0.2, 0.25) is 0 Å². The number of carboxylic acid groups (broad SMARTS) is 3. The van der Waals surface area contributed by atoms with Crippen molar-refractivity contribution in [3.8, 4) is 0 Å². The van der Waals surface area contributed by atoms with E-state index < -0.39 is 37.4 Å². The Balaban J connectivity index is 0. The van der Waals surface area contributed by atoms with Crippen molar-refractivity contribution in [2.75, 3.05) is 19.6 Å². The number of carbonyl (C=O) groups excluding carboxylic acids is 3. The van der Waals surface area contributed by atoms with Gasteiger partial charge >= 0.3 is 17.1 Å². The van der Waals surface area contributed by atoms with Crippen LogP contribution in [0.4, 0.5) is 0 Å². The monoisotopic (exact) mass is 258 g/mol. The maximum atomic E-state index is 10.1. The van der Waals surface area contributed by atoms with Crippen molar-refractivity contribution in [2.24, 2.45) is 0 Å². The molecule has 0 unspecified atom stereocenters. The zero-order valence-electron chi connectivity index (χ0n) is 7.58. The molecular weight excluding hydrogens is 250 g/mol. The first-order valence-corrected chi connectivity index (χ1v) is 3.73. The summed E-state index contributed by atoms with van der Waals surface area (Å²) in [6, 6.07) is 0. The Labute approximate surface area is 96.2 Å². The average molecular weight is 258 g/mol. The molecule has 0 saturated carbocycles. The molecule has 1 radical (unpaired) electrons. The second-order valence-electron chi connectivity index (χ2n) is 2.58. The Morgan fingerprint density at radius 3 is 1.53 bits per heavy atom. The summed E-state index contributed by atoms with van der Waals surface area (Å²) >= 11 is 0. The van der Waals surface area contributed by atoms with Gasteiger partial charge in [-0.15, -0.1) is 0 Å². The molecule has 7 nitrogen and oxygen atoms in total. The number of carbonyl (C=O) groups is 3. The molecule has 0 aliphatic rings. The molecule has 0 saturated heterocycles. The van der Waals surface area contributed by atoms with E-state index in [9.17, 15) is 29.7 Å². The van der Waals surface area contributed by atoms with Crippen molar-refractivity contribution in [2.45, 2.75) is 6.42 Å². The van der Waals surface area contributed by atoms with Gasteiger partial charge in [0.1, 0.15) is 0 Å². The van der Waals surface area contributed by atoms with Crippen LogP contribution in [0.1, 0.15) is 6.42 Å². The summed E-state index contributed by atoms with van der Waals surface area (Å²) in [6.45, 7) is -1.53. The molecule has 0 amide bonds. The third-order valence-corrected chi connectivity index (χ3v) is 1.34. The second-order valence-corrected chi connectivity index (χ2v) is 2.58. The maximum Gasteiger partial charge on any atom is 3.00 e. The Bertz CT molecular complexity index is 228. The first-order chi connectivity index (χ1) is 6.41. The van der Waals surface area contributed by atoms with E-state index >= 15 is 0 Å². The van der Waals surface area contributed by atoms with Gasteiger partial charge in [0.05, 0.1) is 11.9 Å². The van der Waals surface area contributed by atoms with Crippen molar-refractivity contribution < 1.29 is 46.8 Å². The molecule has 8 heteroatoms. The Hall–Kier alpha value is -1.11. The van der Waals surface area contributed by atoms with E-state index in [0.717, 1.165) is 4.90 Å². The molecule has 0 aliphatic carbocycles. The molecule has 0 rings (SSSR count). The number of carboxylic acids is 3. The van der Waals surface area contributed by atoms with Crippen LogP contribution >= 0.6 is 0 Å². The fraction of sp³-hybridized carbons (Fsp3) is 0.571. The molecule has 0 bridgehead atoms. The first-order valence-electron chi connectivity index (χ1n) is 3.73. The third-order valence-electron chi connectivity index (χ3n) is 1.34. The van der Waals surface area contributed by atoms with Gasteiger partial charge in [-0.1, -0.05) is 0 Å². The number of rotatable bonds is 7. The topological polar surface area (TPSA) is 124 Å². The summed E-state index contributed by atoms with van der Waals surface area (Å²) in [7, 11) is 0. The summed E-state index contributed by atoms with van der Waals surface area (Å²) < 4.78 is 0. The molecule has 0 aromatic carbocycles. The first kappa shape index (κ1) is 16.3. The fourth-order valence-electron chi connectivity index (χ4n) is 0.829. The smallest absolute Gasteiger partial charge is 0.550 e. The van der Waals surface area contributed by atoms with E-state index in [-0.39, 0.29) is 23.6 Å². The Morgan fingerprint density at radius 1 is 0.867 bits per heavy atom. The summed E-state index contributed by atoms with van der Waals surface area (Å²) in [5, 5.41) is 30.2. The standard InChI is InChI=1S/C7H11NO6.Fe/c9-5(10)1-2-8(3-6(11)12)4-7(13)14;/h1-4H2,(H,9,10)(H,11,12)(H,13,14);/q;+3/p-3. The summed E-state index contributed by atoms with van der Waals surface area (Å²) in [4.78, 5) is 31.1. The quantitative estimate of drug-likeness (QED) is 0.418. The van der Waals surface area contributed by atoms with Gasteiger partial charge in [-0.05, 0) is 6.42 Å².